The third-order valence-corrected chi connectivity index (χ3v) is 4.57. The van der Waals surface area contributed by atoms with E-state index in [0.717, 1.165) is 38.9 Å². The van der Waals surface area contributed by atoms with Gasteiger partial charge in [-0.2, -0.15) is 0 Å². The molecule has 0 aromatic heterocycles. The number of rotatable bonds is 3. The SMILES string of the molecule is Cc1cc(C)c(C(=O)c2cccc(-c3ccccc3)c2C)c(C)c1. The lowest BCUT2D eigenvalue weighted by Crippen LogP contribution is -2.09. The van der Waals surface area contributed by atoms with Gasteiger partial charge in [0.1, 0.15) is 0 Å². The van der Waals surface area contributed by atoms with Crippen LogP contribution in [0.5, 0.6) is 0 Å². The lowest BCUT2D eigenvalue weighted by atomic mass is 9.88. The number of hydrogen-bond acceptors (Lipinski definition) is 1. The molecule has 0 aliphatic rings. The van der Waals surface area contributed by atoms with Crippen molar-refractivity contribution in [2.24, 2.45) is 0 Å². The van der Waals surface area contributed by atoms with E-state index < -0.39 is 0 Å². The van der Waals surface area contributed by atoms with Crippen LogP contribution in [-0.4, -0.2) is 5.78 Å². The Morgan fingerprint density at radius 2 is 1.38 bits per heavy atom. The fourth-order valence-electron chi connectivity index (χ4n) is 3.48. The molecule has 0 fully saturated rings. The van der Waals surface area contributed by atoms with Crippen LogP contribution >= 0.6 is 0 Å². The largest absolute Gasteiger partial charge is 0.289 e. The maximum absolute atomic E-state index is 13.2. The zero-order valence-electron chi connectivity index (χ0n) is 14.7. The quantitative estimate of drug-likeness (QED) is 0.557. The third kappa shape index (κ3) is 2.90. The molecule has 0 aliphatic heterocycles. The van der Waals surface area contributed by atoms with E-state index >= 15 is 0 Å². The topological polar surface area (TPSA) is 17.1 Å². The van der Waals surface area contributed by atoms with Crippen LogP contribution < -0.4 is 0 Å². The molecule has 1 nitrogen and oxygen atoms in total. The fraction of sp³-hybridized carbons (Fsp3) is 0.174. The molecule has 0 saturated heterocycles. The van der Waals surface area contributed by atoms with Gasteiger partial charge in [0.25, 0.3) is 0 Å². The van der Waals surface area contributed by atoms with Crippen molar-refractivity contribution >= 4 is 5.78 Å². The van der Waals surface area contributed by atoms with Crippen LogP contribution in [0.1, 0.15) is 38.2 Å². The molecule has 0 heterocycles. The van der Waals surface area contributed by atoms with Gasteiger partial charge in [-0.1, -0.05) is 66.2 Å². The molecule has 0 saturated carbocycles. The van der Waals surface area contributed by atoms with Crippen molar-refractivity contribution in [2.45, 2.75) is 27.7 Å². The molecule has 24 heavy (non-hydrogen) atoms. The average molecular weight is 314 g/mol. The Balaban J connectivity index is 2.13. The van der Waals surface area contributed by atoms with Gasteiger partial charge in [0.2, 0.25) is 0 Å². The van der Waals surface area contributed by atoms with E-state index in [2.05, 4.69) is 37.3 Å². The summed E-state index contributed by atoms with van der Waals surface area (Å²) in [6.07, 6.45) is 0. The van der Waals surface area contributed by atoms with Crippen molar-refractivity contribution in [1.29, 1.82) is 0 Å². The van der Waals surface area contributed by atoms with Gasteiger partial charge in [0.05, 0.1) is 0 Å². The second-order valence-electron chi connectivity index (χ2n) is 6.45. The number of ketones is 1. The molecular formula is C23H22O. The van der Waals surface area contributed by atoms with Crippen LogP contribution in [0.4, 0.5) is 0 Å². The third-order valence-electron chi connectivity index (χ3n) is 4.57. The minimum Gasteiger partial charge on any atom is -0.289 e. The molecule has 3 aromatic rings. The molecule has 0 atom stereocenters. The molecule has 0 unspecified atom stereocenters. The molecule has 0 bridgehead atoms. The van der Waals surface area contributed by atoms with Gasteiger partial charge < -0.3 is 0 Å². The summed E-state index contributed by atoms with van der Waals surface area (Å²) in [4.78, 5) is 13.2. The molecule has 120 valence electrons. The molecule has 0 spiro atoms. The maximum Gasteiger partial charge on any atom is 0.193 e. The van der Waals surface area contributed by atoms with E-state index in [-0.39, 0.29) is 5.78 Å². The minimum atomic E-state index is 0.111. The molecule has 3 aromatic carbocycles. The van der Waals surface area contributed by atoms with Crippen LogP contribution in [-0.2, 0) is 0 Å². The van der Waals surface area contributed by atoms with Crippen LogP contribution in [0, 0.1) is 27.7 Å². The first-order chi connectivity index (χ1) is 11.5. The Bertz CT molecular complexity index is 882. The van der Waals surface area contributed by atoms with Crippen LogP contribution in [0.3, 0.4) is 0 Å². The highest BCUT2D eigenvalue weighted by Gasteiger charge is 2.18. The predicted octanol–water partition coefficient (Wildman–Crippen LogP) is 5.82. The smallest absolute Gasteiger partial charge is 0.193 e. The van der Waals surface area contributed by atoms with E-state index in [4.69, 9.17) is 0 Å². The minimum absolute atomic E-state index is 0.111. The first kappa shape index (κ1) is 16.2. The Morgan fingerprint density at radius 3 is 2.00 bits per heavy atom. The lowest BCUT2D eigenvalue weighted by Gasteiger charge is -2.14. The molecule has 0 aliphatic carbocycles. The van der Waals surface area contributed by atoms with Crippen molar-refractivity contribution in [3.8, 4) is 11.1 Å². The summed E-state index contributed by atoms with van der Waals surface area (Å²) < 4.78 is 0. The normalized spacial score (nSPS) is 10.7. The monoisotopic (exact) mass is 314 g/mol. The highest BCUT2D eigenvalue weighted by molar-refractivity contribution is 6.12. The van der Waals surface area contributed by atoms with Gasteiger partial charge in [-0.25, -0.2) is 0 Å². The Kier molecular flexibility index (Phi) is 4.35. The van der Waals surface area contributed by atoms with Crippen LogP contribution in [0.2, 0.25) is 0 Å². The van der Waals surface area contributed by atoms with Crippen molar-refractivity contribution in [2.75, 3.05) is 0 Å². The van der Waals surface area contributed by atoms with E-state index in [1.165, 1.54) is 5.56 Å². The zero-order valence-corrected chi connectivity index (χ0v) is 14.7. The second-order valence-corrected chi connectivity index (χ2v) is 6.45. The summed E-state index contributed by atoms with van der Waals surface area (Å²) in [5, 5.41) is 0. The van der Waals surface area contributed by atoms with Gasteiger partial charge in [-0.15, -0.1) is 0 Å². The van der Waals surface area contributed by atoms with Crippen LogP contribution in [0.25, 0.3) is 11.1 Å². The number of hydrogen-bond donors (Lipinski definition) is 0. The number of carbonyl (C=O) groups is 1. The zero-order chi connectivity index (χ0) is 17.3. The fourth-order valence-corrected chi connectivity index (χ4v) is 3.48. The summed E-state index contributed by atoms with van der Waals surface area (Å²) in [7, 11) is 0. The number of carbonyl (C=O) groups excluding carboxylic acids is 1. The van der Waals surface area contributed by atoms with Gasteiger partial charge in [-0.3, -0.25) is 4.79 Å². The summed E-state index contributed by atoms with van der Waals surface area (Å²) in [5.74, 6) is 0.111. The second kappa shape index (κ2) is 6.45. The van der Waals surface area contributed by atoms with E-state index in [0.29, 0.717) is 0 Å². The predicted molar refractivity (Wildman–Crippen MR) is 101 cm³/mol. The van der Waals surface area contributed by atoms with Gasteiger partial charge >= 0.3 is 0 Å². The summed E-state index contributed by atoms with van der Waals surface area (Å²) >= 11 is 0. The summed E-state index contributed by atoms with van der Waals surface area (Å²) in [6, 6.07) is 20.4. The summed E-state index contributed by atoms with van der Waals surface area (Å²) in [5.41, 5.74) is 8.18. The molecular weight excluding hydrogens is 292 g/mol. The first-order valence-electron chi connectivity index (χ1n) is 8.26. The molecule has 0 N–H and O–H groups in total. The average Bonchev–Trinajstić information content (AvgIpc) is 2.54. The summed E-state index contributed by atoms with van der Waals surface area (Å²) in [6.45, 7) is 8.14. The maximum atomic E-state index is 13.2. The van der Waals surface area contributed by atoms with Gasteiger partial charge in [0, 0.05) is 11.1 Å². The van der Waals surface area contributed by atoms with E-state index in [1.54, 1.807) is 0 Å². The Hall–Kier alpha value is -2.67. The van der Waals surface area contributed by atoms with Crippen LogP contribution in [0.15, 0.2) is 60.7 Å². The number of benzene rings is 3. The number of aryl methyl sites for hydroxylation is 3. The van der Waals surface area contributed by atoms with E-state index in [9.17, 15) is 4.79 Å². The van der Waals surface area contributed by atoms with Gasteiger partial charge in [-0.05, 0) is 55.5 Å². The van der Waals surface area contributed by atoms with Gasteiger partial charge in [0.15, 0.2) is 5.78 Å². The highest BCUT2D eigenvalue weighted by atomic mass is 16.1. The molecule has 3 rings (SSSR count). The standard InChI is InChI=1S/C23H22O/c1-15-13-16(2)22(17(3)14-15)23(24)21-12-8-11-20(18(21)4)19-9-6-5-7-10-19/h5-14H,1-4H3. The molecule has 1 heteroatoms. The Labute approximate surface area is 144 Å². The van der Waals surface area contributed by atoms with Crippen molar-refractivity contribution in [1.82, 2.24) is 0 Å². The first-order valence-corrected chi connectivity index (χ1v) is 8.26. The van der Waals surface area contributed by atoms with Crippen molar-refractivity contribution < 1.29 is 4.79 Å². The van der Waals surface area contributed by atoms with Crippen molar-refractivity contribution in [3.63, 3.8) is 0 Å². The lowest BCUT2D eigenvalue weighted by molar-refractivity contribution is 0.103. The van der Waals surface area contributed by atoms with E-state index in [1.807, 2.05) is 51.1 Å². The molecule has 0 amide bonds. The van der Waals surface area contributed by atoms with Crippen molar-refractivity contribution in [3.05, 3.63) is 94.0 Å². The highest BCUT2D eigenvalue weighted by Crippen LogP contribution is 2.28. The Morgan fingerprint density at radius 1 is 0.750 bits per heavy atom. The molecule has 0 radical (unpaired) electrons.